The Labute approximate surface area is 73.9 Å². The van der Waals surface area contributed by atoms with Gasteiger partial charge < -0.3 is 0 Å². The molecule has 3 heteroatoms. The molecule has 0 aliphatic heterocycles. The van der Waals surface area contributed by atoms with Crippen LogP contribution in [0.2, 0.25) is 0 Å². The number of nitroso groups, excluding NO2 is 1. The monoisotopic (exact) mass is 214 g/mol. The van der Waals surface area contributed by atoms with Crippen molar-refractivity contribution in [2.24, 2.45) is 0 Å². The molecule has 0 aliphatic rings. The molecular weight excluding hydrogens is 206 g/mol. The Kier molecular flexibility index (Phi) is 2.39. The third-order valence-electron chi connectivity index (χ3n) is 1.52. The molecule has 0 aliphatic carbocycles. The van der Waals surface area contributed by atoms with Gasteiger partial charge in [0.25, 0.3) is 5.69 Å². The highest BCUT2D eigenvalue weighted by Crippen LogP contribution is 2.21. The summed E-state index contributed by atoms with van der Waals surface area (Å²) < 4.78 is 1.81. The molecule has 0 fully saturated rings. The van der Waals surface area contributed by atoms with Crippen molar-refractivity contribution in [1.29, 1.82) is 0 Å². The quantitative estimate of drug-likeness (QED) is 0.659. The number of hydrogen-bond donors (Lipinski definition) is 0. The van der Waals surface area contributed by atoms with Crippen molar-refractivity contribution < 1.29 is 4.76 Å². The molecule has 0 atom stereocenters. The molecule has 1 rings (SSSR count). The number of rotatable bonds is 1. The first-order valence-electron chi connectivity index (χ1n) is 3.28. The summed E-state index contributed by atoms with van der Waals surface area (Å²) in [6.07, 6.45) is 0. The second-order valence-corrected chi connectivity index (χ2v) is 3.29. The maximum atomic E-state index is 10.8. The first-order chi connectivity index (χ1) is 5.11. The Morgan fingerprint density at radius 1 is 1.45 bits per heavy atom. The van der Waals surface area contributed by atoms with E-state index in [4.69, 9.17) is 0 Å². The molecule has 0 radical (unpaired) electrons. The standard InChI is InChI=1S/C8H9BrNO/c1-6-3-4-7(10(2)11)5-8(6)9/h3-5H,1-2H3/q+1. The number of halogens is 1. The number of nitrogens with zero attached hydrogens (tertiary/aromatic N) is 1. The van der Waals surface area contributed by atoms with Crippen LogP contribution in [0.1, 0.15) is 5.56 Å². The molecule has 0 spiro atoms. The SMILES string of the molecule is Cc1ccc([N+](C)=O)cc1Br. The van der Waals surface area contributed by atoms with E-state index >= 15 is 0 Å². The van der Waals surface area contributed by atoms with Crippen molar-refractivity contribution in [2.45, 2.75) is 6.92 Å². The fourth-order valence-electron chi connectivity index (χ4n) is 0.778. The van der Waals surface area contributed by atoms with E-state index in [-0.39, 0.29) is 0 Å². The van der Waals surface area contributed by atoms with Gasteiger partial charge in [0.2, 0.25) is 0 Å². The second kappa shape index (κ2) is 3.13. The van der Waals surface area contributed by atoms with Crippen LogP contribution < -0.4 is 0 Å². The molecule has 0 N–H and O–H groups in total. The summed E-state index contributed by atoms with van der Waals surface area (Å²) in [5.41, 5.74) is 1.80. The molecule has 0 saturated carbocycles. The van der Waals surface area contributed by atoms with Crippen molar-refractivity contribution in [2.75, 3.05) is 7.05 Å². The fraction of sp³-hybridized carbons (Fsp3) is 0.250. The molecule has 0 saturated heterocycles. The summed E-state index contributed by atoms with van der Waals surface area (Å²) in [6.45, 7) is 1.98. The Morgan fingerprint density at radius 2 is 2.09 bits per heavy atom. The zero-order valence-corrected chi connectivity index (χ0v) is 8.05. The number of benzene rings is 1. The van der Waals surface area contributed by atoms with Crippen molar-refractivity contribution in [3.05, 3.63) is 33.1 Å². The van der Waals surface area contributed by atoms with Gasteiger partial charge in [0.1, 0.15) is 0 Å². The largest absolute Gasteiger partial charge is 0.256 e. The summed E-state index contributed by atoms with van der Waals surface area (Å²) in [5, 5.41) is 0. The van der Waals surface area contributed by atoms with Crippen LogP contribution in [0.4, 0.5) is 5.69 Å². The predicted octanol–water partition coefficient (Wildman–Crippen LogP) is 2.80. The molecule has 0 amide bonds. The first kappa shape index (κ1) is 8.40. The summed E-state index contributed by atoms with van der Waals surface area (Å²) in [4.78, 5) is 10.8. The minimum atomic E-state index is 0.669. The van der Waals surface area contributed by atoms with Gasteiger partial charge in [-0.3, -0.25) is 0 Å². The molecule has 11 heavy (non-hydrogen) atoms. The van der Waals surface area contributed by atoms with Gasteiger partial charge in [-0.15, -0.1) is 0 Å². The highest BCUT2D eigenvalue weighted by molar-refractivity contribution is 9.10. The summed E-state index contributed by atoms with van der Waals surface area (Å²) in [7, 11) is 1.48. The second-order valence-electron chi connectivity index (χ2n) is 2.43. The average molecular weight is 215 g/mol. The van der Waals surface area contributed by atoms with Crippen molar-refractivity contribution in [3.63, 3.8) is 0 Å². The van der Waals surface area contributed by atoms with E-state index in [2.05, 4.69) is 15.9 Å². The van der Waals surface area contributed by atoms with E-state index in [1.165, 1.54) is 7.05 Å². The lowest BCUT2D eigenvalue weighted by Crippen LogP contribution is -1.90. The first-order valence-corrected chi connectivity index (χ1v) is 4.07. The molecule has 58 valence electrons. The Bertz CT molecular complexity index is 296. The Balaban J connectivity index is 3.15. The van der Waals surface area contributed by atoms with Crippen molar-refractivity contribution in [1.82, 2.24) is 0 Å². The lowest BCUT2D eigenvalue weighted by Gasteiger charge is -1.94. The number of hydrogen-bond acceptors (Lipinski definition) is 1. The van der Waals surface area contributed by atoms with Gasteiger partial charge in [-0.25, -0.2) is 0 Å². The van der Waals surface area contributed by atoms with Gasteiger partial charge >= 0.3 is 0 Å². The van der Waals surface area contributed by atoms with E-state index < -0.39 is 0 Å². The average Bonchev–Trinajstić information content (AvgIpc) is 1.94. The molecular formula is C8H9BrNO+. The molecule has 1 aromatic carbocycles. The normalized spacial score (nSPS) is 9.73. The van der Waals surface area contributed by atoms with E-state index in [9.17, 15) is 4.91 Å². The highest BCUT2D eigenvalue weighted by Gasteiger charge is 2.06. The molecule has 2 nitrogen and oxygen atoms in total. The molecule has 0 aromatic heterocycles. The van der Waals surface area contributed by atoms with Crippen LogP contribution in [0.3, 0.4) is 0 Å². The van der Waals surface area contributed by atoms with Gasteiger partial charge in [-0.05, 0) is 12.5 Å². The van der Waals surface area contributed by atoms with E-state index in [0.29, 0.717) is 5.69 Å². The topological polar surface area (TPSA) is 20.1 Å². The third-order valence-corrected chi connectivity index (χ3v) is 2.37. The van der Waals surface area contributed by atoms with Crippen LogP contribution in [0.5, 0.6) is 0 Å². The van der Waals surface area contributed by atoms with Crippen LogP contribution >= 0.6 is 15.9 Å². The van der Waals surface area contributed by atoms with Gasteiger partial charge in [-0.2, -0.15) is 0 Å². The van der Waals surface area contributed by atoms with Crippen LogP contribution in [0.15, 0.2) is 22.7 Å². The van der Waals surface area contributed by atoms with Crippen molar-refractivity contribution in [3.8, 4) is 0 Å². The summed E-state index contributed by atoms with van der Waals surface area (Å²) >= 11 is 3.35. The summed E-state index contributed by atoms with van der Waals surface area (Å²) in [5.74, 6) is 0. The van der Waals surface area contributed by atoms with Crippen LogP contribution in [-0.2, 0) is 0 Å². The smallest absolute Gasteiger partial charge is 0.0514 e. The van der Waals surface area contributed by atoms with Gasteiger partial charge in [0, 0.05) is 26.3 Å². The minimum Gasteiger partial charge on any atom is -0.0514 e. The maximum absolute atomic E-state index is 10.8. The Hall–Kier alpha value is -0.700. The van der Waals surface area contributed by atoms with Gasteiger partial charge in [-0.1, -0.05) is 22.0 Å². The lowest BCUT2D eigenvalue weighted by molar-refractivity contribution is -0.428. The Morgan fingerprint density at radius 3 is 2.55 bits per heavy atom. The van der Waals surface area contributed by atoms with Crippen LogP contribution in [0, 0.1) is 11.8 Å². The molecule has 0 heterocycles. The zero-order valence-electron chi connectivity index (χ0n) is 6.47. The zero-order chi connectivity index (χ0) is 8.43. The van der Waals surface area contributed by atoms with E-state index in [0.717, 1.165) is 14.8 Å². The van der Waals surface area contributed by atoms with E-state index in [1.54, 1.807) is 6.07 Å². The lowest BCUT2D eigenvalue weighted by atomic mass is 10.2. The highest BCUT2D eigenvalue weighted by atomic mass is 79.9. The minimum absolute atomic E-state index is 0.669. The summed E-state index contributed by atoms with van der Waals surface area (Å²) in [6, 6.07) is 5.52. The van der Waals surface area contributed by atoms with E-state index in [1.807, 2.05) is 19.1 Å². The van der Waals surface area contributed by atoms with Crippen molar-refractivity contribution >= 4 is 21.6 Å². The molecule has 1 aromatic rings. The molecule has 0 unspecified atom stereocenters. The predicted molar refractivity (Wildman–Crippen MR) is 48.1 cm³/mol. The van der Waals surface area contributed by atoms with Gasteiger partial charge in [0.15, 0.2) is 7.05 Å². The molecule has 0 bridgehead atoms. The fourth-order valence-corrected chi connectivity index (χ4v) is 1.14. The van der Waals surface area contributed by atoms with Crippen LogP contribution in [-0.4, -0.2) is 11.8 Å². The van der Waals surface area contributed by atoms with Crippen LogP contribution in [0.25, 0.3) is 0 Å². The maximum Gasteiger partial charge on any atom is 0.256 e. The number of aryl methyl sites for hydroxylation is 1. The van der Waals surface area contributed by atoms with Gasteiger partial charge in [0.05, 0.1) is 0 Å². The third kappa shape index (κ3) is 1.87.